The maximum absolute atomic E-state index is 14.9. The van der Waals surface area contributed by atoms with Crippen LogP contribution in [0.25, 0.3) is 22.4 Å². The number of hydrogen-bond donors (Lipinski definition) is 2. The van der Waals surface area contributed by atoms with Gasteiger partial charge < -0.3 is 33.7 Å². The van der Waals surface area contributed by atoms with Crippen molar-refractivity contribution in [3.8, 4) is 34.3 Å². The standard InChI is InChI=1S/C38H36ClN3O8S/c1-19-16-27-30(35(44)38(19)36(45)31-26(47-3)18-28(48-4)32(39)34(31)50-38)22(33(49-27)20-10-12-21(46-2)13-11-20)17-29(43)40-25(14-15-51-5)37-41-23-8-6-7-9-24(23)42-37/h6-13,18-19,25H,14-17H2,1-5H3,(H,40,43)(H,41,42)/t19-,25+,38+/m1/s1. The van der Waals surface area contributed by atoms with E-state index < -0.39 is 29.1 Å². The fourth-order valence-corrected chi connectivity index (χ4v) is 7.77. The number of fused-ring (bicyclic) bond motifs is 3. The third kappa shape index (κ3) is 5.70. The number of nitrogens with zero attached hydrogens (tertiary/aromatic N) is 1. The summed E-state index contributed by atoms with van der Waals surface area (Å²) in [6, 6.07) is 15.9. The molecular weight excluding hydrogens is 694 g/mol. The second-order valence-electron chi connectivity index (χ2n) is 12.6. The molecule has 0 saturated heterocycles. The number of amides is 1. The molecule has 2 N–H and O–H groups in total. The lowest BCUT2D eigenvalue weighted by molar-refractivity contribution is -0.121. The van der Waals surface area contributed by atoms with Crippen molar-refractivity contribution in [3.63, 3.8) is 0 Å². The predicted molar refractivity (Wildman–Crippen MR) is 194 cm³/mol. The first kappa shape index (κ1) is 34.5. The lowest BCUT2D eigenvalue weighted by atomic mass is 9.70. The summed E-state index contributed by atoms with van der Waals surface area (Å²) in [6.45, 7) is 1.76. The zero-order chi connectivity index (χ0) is 36.0. The van der Waals surface area contributed by atoms with Crippen molar-refractivity contribution in [1.29, 1.82) is 0 Å². The largest absolute Gasteiger partial charge is 0.497 e. The maximum Gasteiger partial charge on any atom is 0.237 e. The molecule has 1 aliphatic heterocycles. The van der Waals surface area contributed by atoms with E-state index in [4.69, 9.17) is 39.9 Å². The van der Waals surface area contributed by atoms with E-state index in [9.17, 15) is 14.4 Å². The first-order valence-electron chi connectivity index (χ1n) is 16.4. The number of nitrogens with one attached hydrogen (secondary N) is 2. The first-order chi connectivity index (χ1) is 24.6. The van der Waals surface area contributed by atoms with Crippen molar-refractivity contribution in [2.24, 2.45) is 5.92 Å². The molecule has 264 valence electrons. The number of H-pyrrole nitrogens is 1. The number of imidazole rings is 1. The molecule has 0 fully saturated rings. The Labute approximate surface area is 303 Å². The minimum Gasteiger partial charge on any atom is -0.497 e. The van der Waals surface area contributed by atoms with Gasteiger partial charge in [-0.25, -0.2) is 4.98 Å². The molecule has 5 aromatic rings. The van der Waals surface area contributed by atoms with Gasteiger partial charge in [0.05, 0.1) is 50.4 Å². The lowest BCUT2D eigenvalue weighted by Gasteiger charge is -2.35. The number of para-hydroxylation sites is 2. The Bertz CT molecular complexity index is 2140. The molecule has 0 radical (unpaired) electrons. The zero-order valence-corrected chi connectivity index (χ0v) is 30.3. The number of halogens is 1. The van der Waals surface area contributed by atoms with E-state index >= 15 is 0 Å². The van der Waals surface area contributed by atoms with Gasteiger partial charge in [-0.3, -0.25) is 14.4 Å². The highest BCUT2D eigenvalue weighted by molar-refractivity contribution is 7.98. The second-order valence-corrected chi connectivity index (χ2v) is 13.9. The molecule has 2 aliphatic rings. The molecule has 3 heterocycles. The van der Waals surface area contributed by atoms with E-state index in [1.165, 1.54) is 20.3 Å². The number of rotatable bonds is 11. The van der Waals surface area contributed by atoms with Gasteiger partial charge in [-0.05, 0) is 54.8 Å². The Morgan fingerprint density at radius 2 is 1.78 bits per heavy atom. The van der Waals surface area contributed by atoms with Crippen molar-refractivity contribution >= 4 is 51.9 Å². The van der Waals surface area contributed by atoms with Crippen molar-refractivity contribution in [3.05, 3.63) is 87.9 Å². The van der Waals surface area contributed by atoms with Gasteiger partial charge >= 0.3 is 0 Å². The number of furan rings is 1. The molecule has 1 spiro atoms. The number of aromatic amines is 1. The maximum atomic E-state index is 14.9. The smallest absolute Gasteiger partial charge is 0.237 e. The van der Waals surface area contributed by atoms with Crippen LogP contribution in [0.15, 0.2) is 59.0 Å². The van der Waals surface area contributed by atoms with E-state index in [0.717, 1.165) is 16.8 Å². The minimum absolute atomic E-state index is 0.0159. The summed E-state index contributed by atoms with van der Waals surface area (Å²) in [5.41, 5.74) is 0.871. The van der Waals surface area contributed by atoms with Crippen molar-refractivity contribution in [2.45, 2.75) is 37.8 Å². The van der Waals surface area contributed by atoms with Crippen LogP contribution in [0.4, 0.5) is 0 Å². The molecule has 1 aliphatic carbocycles. The molecule has 0 unspecified atom stereocenters. The SMILES string of the molecule is COc1ccc(-c2oc3c(c2CC(=O)N[C@@H](CCSC)c2nc4ccccc4[nH]2)C(=O)[C@@]2(Oc4c(Cl)c(OC)cc(OC)c4C2=O)[C@H](C)C3)cc1. The number of carbonyl (C=O) groups excluding carboxylic acids is 3. The highest BCUT2D eigenvalue weighted by Crippen LogP contribution is 2.54. The molecule has 3 atom stereocenters. The Balaban J connectivity index is 1.30. The van der Waals surface area contributed by atoms with Gasteiger partial charge in [-0.1, -0.05) is 30.7 Å². The monoisotopic (exact) mass is 729 g/mol. The second kappa shape index (κ2) is 13.6. The van der Waals surface area contributed by atoms with Gasteiger partial charge in [-0.2, -0.15) is 11.8 Å². The minimum atomic E-state index is -1.97. The Kier molecular flexibility index (Phi) is 9.23. The number of thioether (sulfide) groups is 1. The highest BCUT2D eigenvalue weighted by atomic mass is 35.5. The van der Waals surface area contributed by atoms with E-state index in [1.807, 2.05) is 30.5 Å². The number of benzene rings is 3. The summed E-state index contributed by atoms with van der Waals surface area (Å²) in [6.07, 6.45) is 2.58. The Morgan fingerprint density at radius 1 is 1.06 bits per heavy atom. The quantitative estimate of drug-likeness (QED) is 0.136. The number of carbonyl (C=O) groups is 3. The number of ether oxygens (including phenoxy) is 4. The summed E-state index contributed by atoms with van der Waals surface area (Å²) >= 11 is 8.32. The molecule has 7 rings (SSSR count). The molecule has 0 bridgehead atoms. The van der Waals surface area contributed by atoms with Crippen LogP contribution in [0, 0.1) is 5.92 Å². The zero-order valence-electron chi connectivity index (χ0n) is 28.7. The summed E-state index contributed by atoms with van der Waals surface area (Å²) < 4.78 is 29.1. The van der Waals surface area contributed by atoms with Crippen LogP contribution in [0.3, 0.4) is 0 Å². The molecule has 51 heavy (non-hydrogen) atoms. The molecule has 3 aromatic carbocycles. The predicted octanol–water partition coefficient (Wildman–Crippen LogP) is 7.04. The summed E-state index contributed by atoms with van der Waals surface area (Å²) in [5, 5.41) is 3.20. The Morgan fingerprint density at radius 3 is 2.47 bits per heavy atom. The first-order valence-corrected chi connectivity index (χ1v) is 18.2. The van der Waals surface area contributed by atoms with Crippen molar-refractivity contribution in [1.82, 2.24) is 15.3 Å². The summed E-state index contributed by atoms with van der Waals surface area (Å²) in [7, 11) is 4.42. The number of ketones is 2. The molecular formula is C38H36ClN3O8S. The van der Waals surface area contributed by atoms with Crippen LogP contribution >= 0.6 is 23.4 Å². The van der Waals surface area contributed by atoms with Gasteiger partial charge in [0.25, 0.3) is 0 Å². The van der Waals surface area contributed by atoms with Gasteiger partial charge in [0.1, 0.15) is 45.2 Å². The molecule has 0 saturated carbocycles. The third-order valence-electron chi connectivity index (χ3n) is 9.62. The van der Waals surface area contributed by atoms with Crippen molar-refractivity contribution < 1.29 is 37.7 Å². The highest BCUT2D eigenvalue weighted by Gasteiger charge is 2.63. The van der Waals surface area contributed by atoms with E-state index in [-0.39, 0.29) is 52.1 Å². The summed E-state index contributed by atoms with van der Waals surface area (Å²) in [4.78, 5) is 51.6. The normalized spacial score (nSPS) is 18.4. The number of aromatic nitrogens is 2. The van der Waals surface area contributed by atoms with Crippen LogP contribution in [-0.2, 0) is 17.6 Å². The van der Waals surface area contributed by atoms with E-state index in [0.29, 0.717) is 40.6 Å². The van der Waals surface area contributed by atoms with Gasteiger partial charge in [-0.15, -0.1) is 0 Å². The van der Waals surface area contributed by atoms with Gasteiger partial charge in [0.2, 0.25) is 23.1 Å². The molecule has 11 nitrogen and oxygen atoms in total. The van der Waals surface area contributed by atoms with Crippen LogP contribution in [0.1, 0.15) is 57.3 Å². The average Bonchev–Trinajstić information content (AvgIpc) is 3.82. The van der Waals surface area contributed by atoms with E-state index in [2.05, 4.69) is 10.3 Å². The third-order valence-corrected chi connectivity index (χ3v) is 10.6. The van der Waals surface area contributed by atoms with Crippen LogP contribution in [0.5, 0.6) is 23.0 Å². The topological polar surface area (TPSA) is 142 Å². The van der Waals surface area contributed by atoms with Crippen molar-refractivity contribution in [2.75, 3.05) is 33.3 Å². The van der Waals surface area contributed by atoms with Gasteiger partial charge in [0.15, 0.2) is 5.75 Å². The number of Topliss-reactive ketones (excluding diaryl/α,β-unsaturated/α-hetero) is 2. The number of methoxy groups -OCH3 is 3. The molecule has 1 amide bonds. The Hall–Kier alpha value is -4.94. The van der Waals surface area contributed by atoms with Crippen LogP contribution < -0.4 is 24.3 Å². The molecule has 13 heteroatoms. The van der Waals surface area contributed by atoms with Crippen LogP contribution in [-0.4, -0.2) is 66.4 Å². The fourth-order valence-electron chi connectivity index (χ4n) is 7.03. The number of hydrogen-bond acceptors (Lipinski definition) is 10. The summed E-state index contributed by atoms with van der Waals surface area (Å²) in [5.74, 6) is 0.970. The van der Waals surface area contributed by atoms with Crippen LogP contribution in [0.2, 0.25) is 5.02 Å². The average molecular weight is 730 g/mol. The van der Waals surface area contributed by atoms with E-state index in [1.54, 1.807) is 50.1 Å². The molecule has 2 aromatic heterocycles. The van der Waals surface area contributed by atoms with Gasteiger partial charge in [0, 0.05) is 29.5 Å². The fraction of sp³-hybridized carbons (Fsp3) is 0.316. The lowest BCUT2D eigenvalue weighted by Crippen LogP contribution is -2.56.